The second-order valence-electron chi connectivity index (χ2n) is 4.61. The normalized spacial score (nSPS) is 19.3. The van der Waals surface area contributed by atoms with E-state index >= 15 is 0 Å². The Morgan fingerprint density at radius 1 is 1.44 bits per heavy atom. The zero-order valence-electron chi connectivity index (χ0n) is 10.7. The number of nitrogens with one attached hydrogen (secondary N) is 2. The zero-order valence-corrected chi connectivity index (χ0v) is 10.7. The van der Waals surface area contributed by atoms with Gasteiger partial charge in [-0.05, 0) is 37.1 Å². The molecule has 0 saturated carbocycles. The molecule has 4 heteroatoms. The largest absolute Gasteiger partial charge is 0.497 e. The van der Waals surface area contributed by atoms with Gasteiger partial charge in [-0.25, -0.2) is 0 Å². The summed E-state index contributed by atoms with van der Waals surface area (Å²) in [5.74, 6) is 1.11. The second-order valence-corrected chi connectivity index (χ2v) is 4.61. The van der Waals surface area contributed by atoms with Crippen molar-refractivity contribution >= 4 is 5.91 Å². The van der Waals surface area contributed by atoms with E-state index in [1.165, 1.54) is 0 Å². The van der Waals surface area contributed by atoms with Crippen molar-refractivity contribution in [2.75, 3.05) is 20.2 Å². The van der Waals surface area contributed by atoms with E-state index in [0.29, 0.717) is 6.54 Å². The molecule has 2 N–H and O–H groups in total. The Hall–Kier alpha value is -1.55. The number of ether oxygens (including phenoxy) is 1. The lowest BCUT2D eigenvalue weighted by Gasteiger charge is -2.21. The van der Waals surface area contributed by atoms with Gasteiger partial charge in [-0.3, -0.25) is 4.79 Å². The van der Waals surface area contributed by atoms with Crippen LogP contribution in [0, 0.1) is 5.92 Å². The summed E-state index contributed by atoms with van der Waals surface area (Å²) in [6.45, 7) is 2.41. The Bertz CT molecular complexity index is 383. The highest BCUT2D eigenvalue weighted by Crippen LogP contribution is 2.12. The molecule has 1 aliphatic rings. The highest BCUT2D eigenvalue weighted by Gasteiger charge is 2.20. The number of rotatable bonds is 4. The molecule has 18 heavy (non-hydrogen) atoms. The predicted molar refractivity (Wildman–Crippen MR) is 70.4 cm³/mol. The van der Waals surface area contributed by atoms with Gasteiger partial charge in [-0.2, -0.15) is 0 Å². The van der Waals surface area contributed by atoms with Crippen LogP contribution in [-0.2, 0) is 11.3 Å². The number of methoxy groups -OCH3 is 1. The molecule has 1 aromatic rings. The Balaban J connectivity index is 1.80. The first-order chi connectivity index (χ1) is 8.79. The van der Waals surface area contributed by atoms with Crippen molar-refractivity contribution < 1.29 is 9.53 Å². The first-order valence-electron chi connectivity index (χ1n) is 6.41. The van der Waals surface area contributed by atoms with Crippen LogP contribution in [-0.4, -0.2) is 26.1 Å². The molecule has 0 unspecified atom stereocenters. The van der Waals surface area contributed by atoms with Crippen molar-refractivity contribution in [2.45, 2.75) is 19.4 Å². The first-order valence-corrected chi connectivity index (χ1v) is 6.41. The van der Waals surface area contributed by atoms with Gasteiger partial charge in [-0.1, -0.05) is 12.1 Å². The summed E-state index contributed by atoms with van der Waals surface area (Å²) >= 11 is 0. The van der Waals surface area contributed by atoms with Gasteiger partial charge in [0.1, 0.15) is 5.75 Å². The zero-order chi connectivity index (χ0) is 12.8. The predicted octanol–water partition coefficient (Wildman–Crippen LogP) is 1.31. The molecule has 2 rings (SSSR count). The number of carbonyl (C=O) groups is 1. The van der Waals surface area contributed by atoms with Crippen LogP contribution in [0.2, 0.25) is 0 Å². The van der Waals surface area contributed by atoms with E-state index in [1.54, 1.807) is 7.11 Å². The van der Waals surface area contributed by atoms with Crippen molar-refractivity contribution in [3.05, 3.63) is 29.8 Å². The highest BCUT2D eigenvalue weighted by atomic mass is 16.5. The molecule has 1 amide bonds. The molecule has 1 aliphatic heterocycles. The molecular formula is C14H20N2O2. The van der Waals surface area contributed by atoms with E-state index < -0.39 is 0 Å². The minimum atomic E-state index is 0.122. The molecule has 0 spiro atoms. The van der Waals surface area contributed by atoms with Gasteiger partial charge in [0.25, 0.3) is 0 Å². The lowest BCUT2D eigenvalue weighted by Crippen LogP contribution is -2.40. The van der Waals surface area contributed by atoms with E-state index in [-0.39, 0.29) is 11.8 Å². The van der Waals surface area contributed by atoms with Crippen LogP contribution in [0.25, 0.3) is 0 Å². The molecular weight excluding hydrogens is 228 g/mol. The van der Waals surface area contributed by atoms with E-state index in [1.807, 2.05) is 24.3 Å². The average Bonchev–Trinajstić information content (AvgIpc) is 2.46. The molecule has 1 fully saturated rings. The molecule has 1 aromatic carbocycles. The summed E-state index contributed by atoms with van der Waals surface area (Å²) < 4.78 is 5.09. The lowest BCUT2D eigenvalue weighted by molar-refractivity contribution is -0.125. The number of hydrogen-bond donors (Lipinski definition) is 2. The van der Waals surface area contributed by atoms with E-state index in [2.05, 4.69) is 10.6 Å². The van der Waals surface area contributed by atoms with Crippen molar-refractivity contribution in [1.29, 1.82) is 0 Å². The molecule has 98 valence electrons. The fourth-order valence-electron chi connectivity index (χ4n) is 2.15. The van der Waals surface area contributed by atoms with E-state index in [9.17, 15) is 4.79 Å². The van der Waals surface area contributed by atoms with E-state index in [0.717, 1.165) is 37.2 Å². The monoisotopic (exact) mass is 248 g/mol. The molecule has 1 heterocycles. The number of hydrogen-bond acceptors (Lipinski definition) is 3. The highest BCUT2D eigenvalue weighted by molar-refractivity contribution is 5.78. The maximum absolute atomic E-state index is 11.9. The van der Waals surface area contributed by atoms with Gasteiger partial charge < -0.3 is 15.4 Å². The van der Waals surface area contributed by atoms with Crippen LogP contribution < -0.4 is 15.4 Å². The minimum Gasteiger partial charge on any atom is -0.497 e. The lowest BCUT2D eigenvalue weighted by atomic mass is 9.99. The third kappa shape index (κ3) is 3.47. The van der Waals surface area contributed by atoms with Gasteiger partial charge in [0.05, 0.1) is 13.0 Å². The SMILES string of the molecule is COc1ccc(CNC(=O)[C@@H]2CCCNC2)cc1. The summed E-state index contributed by atoms with van der Waals surface area (Å²) in [6, 6.07) is 7.75. The molecule has 4 nitrogen and oxygen atoms in total. The fourth-order valence-corrected chi connectivity index (χ4v) is 2.15. The summed E-state index contributed by atoms with van der Waals surface area (Å²) in [5, 5.41) is 6.24. The fraction of sp³-hybridized carbons (Fsp3) is 0.500. The van der Waals surface area contributed by atoms with Crippen LogP contribution in [0.1, 0.15) is 18.4 Å². The topological polar surface area (TPSA) is 50.4 Å². The van der Waals surface area contributed by atoms with Gasteiger partial charge >= 0.3 is 0 Å². The minimum absolute atomic E-state index is 0.122. The van der Waals surface area contributed by atoms with Crippen LogP contribution >= 0.6 is 0 Å². The Kier molecular flexibility index (Phi) is 4.59. The Morgan fingerprint density at radius 3 is 2.83 bits per heavy atom. The van der Waals surface area contributed by atoms with Gasteiger partial charge in [-0.15, -0.1) is 0 Å². The molecule has 0 aliphatic carbocycles. The molecule has 0 radical (unpaired) electrons. The second kappa shape index (κ2) is 6.40. The average molecular weight is 248 g/mol. The van der Waals surface area contributed by atoms with Gasteiger partial charge in [0.2, 0.25) is 5.91 Å². The smallest absolute Gasteiger partial charge is 0.224 e. The number of amides is 1. The van der Waals surface area contributed by atoms with Gasteiger partial charge in [0, 0.05) is 13.1 Å². The maximum Gasteiger partial charge on any atom is 0.224 e. The molecule has 1 saturated heterocycles. The van der Waals surface area contributed by atoms with Crippen molar-refractivity contribution in [1.82, 2.24) is 10.6 Å². The first kappa shape index (κ1) is 12.9. The third-order valence-corrected chi connectivity index (χ3v) is 3.29. The van der Waals surface area contributed by atoms with Crippen molar-refractivity contribution in [3.8, 4) is 5.75 Å². The van der Waals surface area contributed by atoms with Crippen LogP contribution in [0.4, 0.5) is 0 Å². The van der Waals surface area contributed by atoms with Gasteiger partial charge in [0.15, 0.2) is 0 Å². The number of benzene rings is 1. The Morgan fingerprint density at radius 2 is 2.22 bits per heavy atom. The quantitative estimate of drug-likeness (QED) is 0.844. The molecule has 0 aromatic heterocycles. The third-order valence-electron chi connectivity index (χ3n) is 3.29. The number of piperidine rings is 1. The van der Waals surface area contributed by atoms with Crippen LogP contribution in [0.15, 0.2) is 24.3 Å². The summed E-state index contributed by atoms with van der Waals surface area (Å²) in [6.07, 6.45) is 2.07. The number of carbonyl (C=O) groups excluding carboxylic acids is 1. The summed E-state index contributed by atoms with van der Waals surface area (Å²) in [4.78, 5) is 11.9. The molecule has 0 bridgehead atoms. The summed E-state index contributed by atoms with van der Waals surface area (Å²) in [5.41, 5.74) is 1.09. The van der Waals surface area contributed by atoms with E-state index in [4.69, 9.17) is 4.74 Å². The van der Waals surface area contributed by atoms with Crippen molar-refractivity contribution in [3.63, 3.8) is 0 Å². The molecule has 1 atom stereocenters. The maximum atomic E-state index is 11.9. The standard InChI is InChI=1S/C14H20N2O2/c1-18-13-6-4-11(5-7-13)9-16-14(17)12-3-2-8-15-10-12/h4-7,12,15H,2-3,8-10H2,1H3,(H,16,17)/t12-/m1/s1. The Labute approximate surface area is 108 Å². The van der Waals surface area contributed by atoms with Crippen LogP contribution in [0.5, 0.6) is 5.75 Å². The summed E-state index contributed by atoms with van der Waals surface area (Å²) in [7, 11) is 1.65. The van der Waals surface area contributed by atoms with Crippen molar-refractivity contribution in [2.24, 2.45) is 5.92 Å². The van der Waals surface area contributed by atoms with Crippen LogP contribution in [0.3, 0.4) is 0 Å².